The van der Waals surface area contributed by atoms with Crippen LogP contribution >= 0.6 is 11.3 Å². The molecule has 1 N–H and O–H groups in total. The van der Waals surface area contributed by atoms with Gasteiger partial charge < -0.3 is 5.11 Å². The molecule has 0 amide bonds. The van der Waals surface area contributed by atoms with Crippen LogP contribution in [0.4, 0.5) is 0 Å². The minimum Gasteiger partial charge on any atom is -0.476 e. The summed E-state index contributed by atoms with van der Waals surface area (Å²) in [5.74, 6) is -1.05. The minimum atomic E-state index is -1.05. The van der Waals surface area contributed by atoms with Gasteiger partial charge in [0, 0.05) is 34.5 Å². The molecule has 26 heavy (non-hydrogen) atoms. The van der Waals surface area contributed by atoms with Crippen molar-refractivity contribution in [1.29, 1.82) is 0 Å². The van der Waals surface area contributed by atoms with Gasteiger partial charge in [0.05, 0.1) is 11.4 Å². The van der Waals surface area contributed by atoms with Crippen LogP contribution in [0.1, 0.15) is 16.1 Å². The van der Waals surface area contributed by atoms with Crippen LogP contribution in [0.3, 0.4) is 0 Å². The molecule has 4 rings (SSSR count). The van der Waals surface area contributed by atoms with Gasteiger partial charge >= 0.3 is 5.97 Å². The van der Waals surface area contributed by atoms with Crippen LogP contribution in [0.25, 0.3) is 27.6 Å². The van der Waals surface area contributed by atoms with Crippen molar-refractivity contribution in [2.45, 2.75) is 6.92 Å². The molecular formula is C19H14N4O2S. The minimum absolute atomic E-state index is 0.0107. The molecule has 0 saturated carbocycles. The summed E-state index contributed by atoms with van der Waals surface area (Å²) in [4.78, 5) is 19.6. The van der Waals surface area contributed by atoms with Gasteiger partial charge in [0.15, 0.2) is 5.69 Å². The quantitative estimate of drug-likeness (QED) is 0.592. The molecule has 0 spiro atoms. The summed E-state index contributed by atoms with van der Waals surface area (Å²) in [6, 6.07) is 13.7. The fourth-order valence-electron chi connectivity index (χ4n) is 2.81. The van der Waals surface area contributed by atoms with E-state index in [1.54, 1.807) is 17.1 Å². The molecule has 3 heterocycles. The second kappa shape index (κ2) is 6.53. The van der Waals surface area contributed by atoms with Crippen LogP contribution < -0.4 is 0 Å². The molecule has 0 fully saturated rings. The Morgan fingerprint density at radius 2 is 1.88 bits per heavy atom. The third-order valence-electron chi connectivity index (χ3n) is 4.00. The van der Waals surface area contributed by atoms with Crippen LogP contribution in [0, 0.1) is 6.92 Å². The molecule has 0 bridgehead atoms. The number of carboxylic acid groups (broad SMARTS) is 1. The Morgan fingerprint density at radius 1 is 1.12 bits per heavy atom. The highest BCUT2D eigenvalue weighted by Gasteiger charge is 2.21. The second-order valence-corrected chi connectivity index (χ2v) is 6.50. The molecule has 128 valence electrons. The van der Waals surface area contributed by atoms with Crippen molar-refractivity contribution in [1.82, 2.24) is 19.7 Å². The first-order valence-corrected chi connectivity index (χ1v) is 8.78. The summed E-state index contributed by atoms with van der Waals surface area (Å²) >= 11 is 1.25. The normalized spacial score (nSPS) is 10.8. The van der Waals surface area contributed by atoms with E-state index in [0.29, 0.717) is 5.13 Å². The van der Waals surface area contributed by atoms with E-state index in [0.717, 1.165) is 28.1 Å². The number of hydrogen-bond acceptors (Lipinski definition) is 5. The van der Waals surface area contributed by atoms with Crippen molar-refractivity contribution in [2.24, 2.45) is 0 Å². The topological polar surface area (TPSA) is 80.9 Å². The highest BCUT2D eigenvalue weighted by atomic mass is 32.1. The van der Waals surface area contributed by atoms with Gasteiger partial charge in [0.25, 0.3) is 0 Å². The number of carbonyl (C=O) groups is 1. The van der Waals surface area contributed by atoms with Crippen LogP contribution in [-0.2, 0) is 0 Å². The Bertz CT molecular complexity index is 1070. The maximum Gasteiger partial charge on any atom is 0.355 e. The van der Waals surface area contributed by atoms with E-state index >= 15 is 0 Å². The van der Waals surface area contributed by atoms with E-state index in [2.05, 4.69) is 9.97 Å². The van der Waals surface area contributed by atoms with Gasteiger partial charge in [-0.3, -0.25) is 4.98 Å². The number of rotatable bonds is 4. The fourth-order valence-corrected chi connectivity index (χ4v) is 3.56. The monoisotopic (exact) mass is 362 g/mol. The average Bonchev–Trinajstić information content (AvgIpc) is 3.28. The molecule has 0 radical (unpaired) electrons. The third-order valence-corrected chi connectivity index (χ3v) is 4.81. The third kappa shape index (κ3) is 2.78. The zero-order chi connectivity index (χ0) is 18.1. The number of aromatic nitrogens is 4. The summed E-state index contributed by atoms with van der Waals surface area (Å²) in [6.45, 7) is 2.00. The second-order valence-electron chi connectivity index (χ2n) is 5.66. The van der Waals surface area contributed by atoms with E-state index in [-0.39, 0.29) is 5.69 Å². The summed E-state index contributed by atoms with van der Waals surface area (Å²) in [5.41, 5.74) is 4.56. The lowest BCUT2D eigenvalue weighted by molar-refractivity contribution is 0.0691. The van der Waals surface area contributed by atoms with Gasteiger partial charge in [-0.15, -0.1) is 11.3 Å². The van der Waals surface area contributed by atoms with E-state index in [1.165, 1.54) is 16.7 Å². The Labute approximate surface area is 153 Å². The zero-order valence-electron chi connectivity index (χ0n) is 13.8. The van der Waals surface area contributed by atoms with Gasteiger partial charge in [-0.2, -0.15) is 5.10 Å². The van der Waals surface area contributed by atoms with E-state index in [4.69, 9.17) is 5.10 Å². The molecule has 4 aromatic rings. The predicted octanol–water partition coefficient (Wildman–Crippen LogP) is 4.06. The zero-order valence-corrected chi connectivity index (χ0v) is 14.6. The average molecular weight is 362 g/mol. The van der Waals surface area contributed by atoms with Gasteiger partial charge in [-0.25, -0.2) is 14.5 Å². The molecule has 0 aliphatic carbocycles. The maximum atomic E-state index is 11.2. The lowest BCUT2D eigenvalue weighted by Crippen LogP contribution is -2.02. The first-order chi connectivity index (χ1) is 12.6. The number of aromatic carboxylic acids is 1. The van der Waals surface area contributed by atoms with Gasteiger partial charge in [-0.05, 0) is 19.1 Å². The van der Waals surface area contributed by atoms with Crippen LogP contribution in [0.5, 0.6) is 0 Å². The Balaban J connectivity index is 1.96. The van der Waals surface area contributed by atoms with E-state index < -0.39 is 5.97 Å². The van der Waals surface area contributed by atoms with Crippen LogP contribution in [0.15, 0.2) is 60.2 Å². The molecule has 0 aliphatic heterocycles. The molecular weight excluding hydrogens is 348 g/mol. The van der Waals surface area contributed by atoms with E-state index in [1.807, 2.05) is 49.4 Å². The molecule has 0 aliphatic rings. The number of carboxylic acids is 1. The maximum absolute atomic E-state index is 11.2. The SMILES string of the molecule is Cc1c(-c2ccccc2)nn(-c2nc(C(=O)O)cs2)c1-c1cccnc1. The lowest BCUT2D eigenvalue weighted by atomic mass is 10.0. The molecule has 0 atom stereocenters. The first-order valence-electron chi connectivity index (χ1n) is 7.90. The number of thiazole rings is 1. The number of nitrogens with zero attached hydrogens (tertiary/aromatic N) is 4. The van der Waals surface area contributed by atoms with E-state index in [9.17, 15) is 9.90 Å². The fraction of sp³-hybridized carbons (Fsp3) is 0.0526. The molecule has 0 unspecified atom stereocenters. The summed E-state index contributed by atoms with van der Waals surface area (Å²) < 4.78 is 1.70. The van der Waals surface area contributed by atoms with Gasteiger partial charge in [0.1, 0.15) is 0 Å². The summed E-state index contributed by atoms with van der Waals surface area (Å²) in [7, 11) is 0. The Morgan fingerprint density at radius 3 is 2.54 bits per heavy atom. The molecule has 3 aromatic heterocycles. The predicted molar refractivity (Wildman–Crippen MR) is 99.6 cm³/mol. The van der Waals surface area contributed by atoms with Crippen molar-refractivity contribution >= 4 is 17.3 Å². The summed E-state index contributed by atoms with van der Waals surface area (Å²) in [6.07, 6.45) is 3.48. The molecule has 0 saturated heterocycles. The standard InChI is InChI=1S/C19H14N4O2S/c1-12-16(13-6-3-2-4-7-13)22-23(17(12)14-8-5-9-20-10-14)19-21-15(11-26-19)18(24)25/h2-11H,1H3,(H,24,25). The highest BCUT2D eigenvalue weighted by molar-refractivity contribution is 7.12. The smallest absolute Gasteiger partial charge is 0.355 e. The largest absolute Gasteiger partial charge is 0.476 e. The number of hydrogen-bond donors (Lipinski definition) is 1. The van der Waals surface area contributed by atoms with Crippen molar-refractivity contribution < 1.29 is 9.90 Å². The molecule has 7 heteroatoms. The first kappa shape index (κ1) is 16.2. The summed E-state index contributed by atoms with van der Waals surface area (Å²) in [5, 5.41) is 15.9. The van der Waals surface area contributed by atoms with Crippen LogP contribution in [0.2, 0.25) is 0 Å². The highest BCUT2D eigenvalue weighted by Crippen LogP contribution is 2.33. The van der Waals surface area contributed by atoms with Gasteiger partial charge in [-0.1, -0.05) is 30.3 Å². The van der Waals surface area contributed by atoms with Crippen molar-refractivity contribution in [2.75, 3.05) is 0 Å². The number of pyridine rings is 1. The Kier molecular flexibility index (Phi) is 4.06. The van der Waals surface area contributed by atoms with Crippen molar-refractivity contribution in [3.63, 3.8) is 0 Å². The van der Waals surface area contributed by atoms with Crippen molar-refractivity contribution in [3.05, 3.63) is 71.5 Å². The van der Waals surface area contributed by atoms with Crippen LogP contribution in [-0.4, -0.2) is 30.8 Å². The lowest BCUT2D eigenvalue weighted by Gasteiger charge is -2.05. The van der Waals surface area contributed by atoms with Crippen molar-refractivity contribution in [3.8, 4) is 27.6 Å². The van der Waals surface area contributed by atoms with Gasteiger partial charge in [0.2, 0.25) is 5.13 Å². The molecule has 1 aromatic carbocycles. The molecule has 6 nitrogen and oxygen atoms in total. The Hall–Kier alpha value is -3.32. The number of benzene rings is 1.